The molecule has 78 valence electrons. The number of anilines is 2. The monoisotopic (exact) mass is 196 g/mol. The number of nitrogen functional groups attached to an aromatic ring is 1. The molecule has 0 atom stereocenters. The first-order valence-corrected chi connectivity index (χ1v) is 4.50. The van der Waals surface area contributed by atoms with E-state index in [2.05, 4.69) is 15.3 Å². The number of aromatic nitrogens is 2. The summed E-state index contributed by atoms with van der Waals surface area (Å²) in [5.74, 6) is 1.11. The predicted molar refractivity (Wildman–Crippen MR) is 55.8 cm³/mol. The fourth-order valence-electron chi connectivity index (χ4n) is 1.13. The van der Waals surface area contributed by atoms with Crippen molar-refractivity contribution < 1.29 is 5.11 Å². The minimum absolute atomic E-state index is 0.139. The number of aliphatic hydroxyl groups is 1. The molecule has 1 aromatic rings. The normalized spacial score (nSPS) is 11.4. The lowest BCUT2D eigenvalue weighted by Crippen LogP contribution is -2.32. The van der Waals surface area contributed by atoms with Gasteiger partial charge in [-0.05, 0) is 20.3 Å². The van der Waals surface area contributed by atoms with E-state index in [1.54, 1.807) is 6.07 Å². The van der Waals surface area contributed by atoms with Gasteiger partial charge >= 0.3 is 0 Å². The molecule has 1 rings (SSSR count). The molecule has 0 aromatic carbocycles. The Kier molecular flexibility index (Phi) is 3.24. The molecule has 0 spiro atoms. The molecule has 0 aliphatic carbocycles. The number of nitrogens with two attached hydrogens (primary N) is 1. The van der Waals surface area contributed by atoms with Gasteiger partial charge in [0.1, 0.15) is 18.0 Å². The maximum absolute atomic E-state index is 8.84. The molecule has 0 saturated heterocycles. The summed E-state index contributed by atoms with van der Waals surface area (Å²) < 4.78 is 0. The van der Waals surface area contributed by atoms with E-state index in [9.17, 15) is 0 Å². The van der Waals surface area contributed by atoms with Gasteiger partial charge < -0.3 is 16.2 Å². The number of rotatable bonds is 4. The van der Waals surface area contributed by atoms with E-state index in [0.29, 0.717) is 18.1 Å². The van der Waals surface area contributed by atoms with Crippen LogP contribution in [0, 0.1) is 0 Å². The number of hydrogen-bond acceptors (Lipinski definition) is 5. The Hall–Kier alpha value is -1.36. The SMILES string of the molecule is CC(C)(CCO)Nc1cc(N)ncn1. The molecule has 0 amide bonds. The summed E-state index contributed by atoms with van der Waals surface area (Å²) in [6, 6.07) is 1.67. The van der Waals surface area contributed by atoms with Gasteiger partial charge in [-0.3, -0.25) is 0 Å². The number of hydrogen-bond donors (Lipinski definition) is 3. The quantitative estimate of drug-likeness (QED) is 0.657. The zero-order chi connectivity index (χ0) is 10.6. The lowest BCUT2D eigenvalue weighted by atomic mass is 10.0. The highest BCUT2D eigenvalue weighted by molar-refractivity contribution is 5.44. The van der Waals surface area contributed by atoms with Gasteiger partial charge in [-0.1, -0.05) is 0 Å². The van der Waals surface area contributed by atoms with Crippen LogP contribution in [0.3, 0.4) is 0 Å². The third-order valence-corrected chi connectivity index (χ3v) is 1.89. The molecule has 0 aliphatic rings. The molecular formula is C9H16N4O. The first-order valence-electron chi connectivity index (χ1n) is 4.50. The Bertz CT molecular complexity index is 301. The number of nitrogens with one attached hydrogen (secondary N) is 1. The smallest absolute Gasteiger partial charge is 0.131 e. The van der Waals surface area contributed by atoms with Crippen molar-refractivity contribution in [2.45, 2.75) is 25.8 Å². The van der Waals surface area contributed by atoms with Crippen LogP contribution in [0.15, 0.2) is 12.4 Å². The van der Waals surface area contributed by atoms with E-state index in [1.165, 1.54) is 6.33 Å². The lowest BCUT2D eigenvalue weighted by molar-refractivity contribution is 0.260. The molecule has 0 unspecified atom stereocenters. The maximum Gasteiger partial charge on any atom is 0.131 e. The number of aliphatic hydroxyl groups excluding tert-OH is 1. The first-order chi connectivity index (χ1) is 6.53. The molecule has 0 fully saturated rings. The lowest BCUT2D eigenvalue weighted by Gasteiger charge is -2.25. The second-order valence-electron chi connectivity index (χ2n) is 3.81. The topological polar surface area (TPSA) is 84.1 Å². The van der Waals surface area contributed by atoms with Crippen molar-refractivity contribution >= 4 is 11.6 Å². The molecule has 0 radical (unpaired) electrons. The largest absolute Gasteiger partial charge is 0.396 e. The standard InChI is InChI=1S/C9H16N4O/c1-9(2,3-4-14)13-8-5-7(10)11-6-12-8/h5-6,14H,3-4H2,1-2H3,(H3,10,11,12,13). The predicted octanol–water partition coefficient (Wildman–Crippen LogP) is 0.632. The molecular weight excluding hydrogens is 180 g/mol. The third-order valence-electron chi connectivity index (χ3n) is 1.89. The first kappa shape index (κ1) is 10.7. The Morgan fingerprint density at radius 3 is 2.79 bits per heavy atom. The minimum Gasteiger partial charge on any atom is -0.396 e. The Labute approximate surface area is 83.4 Å². The van der Waals surface area contributed by atoms with Crippen molar-refractivity contribution in [1.29, 1.82) is 0 Å². The molecule has 0 aliphatic heterocycles. The highest BCUT2D eigenvalue weighted by Gasteiger charge is 2.16. The molecule has 14 heavy (non-hydrogen) atoms. The maximum atomic E-state index is 8.84. The van der Waals surface area contributed by atoms with Crippen LogP contribution in [-0.2, 0) is 0 Å². The second kappa shape index (κ2) is 4.23. The molecule has 5 heteroatoms. The molecule has 1 aromatic heterocycles. The third kappa shape index (κ3) is 3.18. The second-order valence-corrected chi connectivity index (χ2v) is 3.81. The van der Waals surface area contributed by atoms with Gasteiger partial charge in [-0.25, -0.2) is 9.97 Å². The van der Waals surface area contributed by atoms with Crippen molar-refractivity contribution in [3.63, 3.8) is 0 Å². The highest BCUT2D eigenvalue weighted by Crippen LogP contribution is 2.16. The van der Waals surface area contributed by atoms with Gasteiger partial charge in [-0.15, -0.1) is 0 Å². The van der Waals surface area contributed by atoms with Gasteiger partial charge in [0.25, 0.3) is 0 Å². The van der Waals surface area contributed by atoms with Crippen LogP contribution < -0.4 is 11.1 Å². The van der Waals surface area contributed by atoms with Crippen molar-refractivity contribution in [1.82, 2.24) is 9.97 Å². The molecule has 0 bridgehead atoms. The summed E-state index contributed by atoms with van der Waals surface area (Å²) >= 11 is 0. The average Bonchev–Trinajstić information content (AvgIpc) is 2.02. The fourth-order valence-corrected chi connectivity index (χ4v) is 1.13. The summed E-state index contributed by atoms with van der Waals surface area (Å²) in [5, 5.41) is 12.0. The zero-order valence-electron chi connectivity index (χ0n) is 8.49. The van der Waals surface area contributed by atoms with Crippen LogP contribution in [0.25, 0.3) is 0 Å². The minimum atomic E-state index is -0.199. The van der Waals surface area contributed by atoms with Crippen LogP contribution in [0.1, 0.15) is 20.3 Å². The summed E-state index contributed by atoms with van der Waals surface area (Å²) in [6.45, 7) is 4.11. The summed E-state index contributed by atoms with van der Waals surface area (Å²) in [6.07, 6.45) is 2.06. The van der Waals surface area contributed by atoms with Crippen LogP contribution in [0.2, 0.25) is 0 Å². The van der Waals surface area contributed by atoms with E-state index in [-0.39, 0.29) is 12.1 Å². The number of nitrogens with zero attached hydrogens (tertiary/aromatic N) is 2. The summed E-state index contributed by atoms with van der Waals surface area (Å²) in [5.41, 5.74) is 5.31. The Balaban J connectivity index is 2.68. The highest BCUT2D eigenvalue weighted by atomic mass is 16.3. The molecule has 0 saturated carbocycles. The van der Waals surface area contributed by atoms with Gasteiger partial charge in [0.15, 0.2) is 0 Å². The Morgan fingerprint density at radius 2 is 2.21 bits per heavy atom. The van der Waals surface area contributed by atoms with Crippen molar-refractivity contribution in [2.24, 2.45) is 0 Å². The molecule has 1 heterocycles. The summed E-state index contributed by atoms with van der Waals surface area (Å²) in [4.78, 5) is 7.82. The van der Waals surface area contributed by atoms with Crippen molar-refractivity contribution in [3.8, 4) is 0 Å². The van der Waals surface area contributed by atoms with E-state index >= 15 is 0 Å². The van der Waals surface area contributed by atoms with Crippen LogP contribution in [0.4, 0.5) is 11.6 Å². The van der Waals surface area contributed by atoms with Gasteiger partial charge in [-0.2, -0.15) is 0 Å². The van der Waals surface area contributed by atoms with E-state index < -0.39 is 0 Å². The Morgan fingerprint density at radius 1 is 1.50 bits per heavy atom. The molecule has 4 N–H and O–H groups in total. The van der Waals surface area contributed by atoms with Crippen LogP contribution in [-0.4, -0.2) is 27.2 Å². The van der Waals surface area contributed by atoms with Crippen LogP contribution >= 0.6 is 0 Å². The van der Waals surface area contributed by atoms with Gasteiger partial charge in [0.2, 0.25) is 0 Å². The van der Waals surface area contributed by atoms with E-state index in [4.69, 9.17) is 10.8 Å². The summed E-state index contributed by atoms with van der Waals surface area (Å²) in [7, 11) is 0. The molecule has 5 nitrogen and oxygen atoms in total. The zero-order valence-corrected chi connectivity index (χ0v) is 8.49. The van der Waals surface area contributed by atoms with Crippen molar-refractivity contribution in [3.05, 3.63) is 12.4 Å². The van der Waals surface area contributed by atoms with Gasteiger partial charge in [0, 0.05) is 18.2 Å². The van der Waals surface area contributed by atoms with Crippen LogP contribution in [0.5, 0.6) is 0 Å². The van der Waals surface area contributed by atoms with E-state index in [1.807, 2.05) is 13.8 Å². The average molecular weight is 196 g/mol. The fraction of sp³-hybridized carbons (Fsp3) is 0.556. The van der Waals surface area contributed by atoms with Crippen molar-refractivity contribution in [2.75, 3.05) is 17.7 Å². The van der Waals surface area contributed by atoms with E-state index in [0.717, 1.165) is 0 Å². The van der Waals surface area contributed by atoms with Gasteiger partial charge in [0.05, 0.1) is 0 Å².